The number of halogens is 1. The number of benzene rings is 2. The van der Waals surface area contributed by atoms with E-state index >= 15 is 0 Å². The monoisotopic (exact) mass is 403 g/mol. The molecule has 1 aliphatic heterocycles. The van der Waals surface area contributed by atoms with Crippen molar-refractivity contribution in [2.24, 2.45) is 0 Å². The van der Waals surface area contributed by atoms with Gasteiger partial charge in [-0.1, -0.05) is 24.3 Å². The van der Waals surface area contributed by atoms with Gasteiger partial charge in [-0.15, -0.1) is 0 Å². The summed E-state index contributed by atoms with van der Waals surface area (Å²) in [4.78, 5) is 14.8. The summed E-state index contributed by atoms with van der Waals surface area (Å²) in [5.41, 5.74) is 2.80. The number of rotatable bonds is 6. The summed E-state index contributed by atoms with van der Waals surface area (Å²) >= 11 is 3.39. The highest BCUT2D eigenvalue weighted by Crippen LogP contribution is 2.26. The maximum absolute atomic E-state index is 12.3. The predicted octanol–water partition coefficient (Wildman–Crippen LogP) is 4.41. The van der Waals surface area contributed by atoms with E-state index in [-0.39, 0.29) is 12.6 Å². The Labute approximate surface area is 156 Å². The molecule has 0 spiro atoms. The standard InChI is InChI=1S/C20H22BrNO3/c1-24-19-9-8-15(12-18(19)21)20(23)25-14-17-7-3-2-6-16(17)13-22-10-4-5-11-22/h2-3,6-9,12H,4-5,10-11,13-14H2,1H3. The quantitative estimate of drug-likeness (QED) is 0.669. The van der Waals surface area contributed by atoms with E-state index in [0.29, 0.717) is 11.3 Å². The van der Waals surface area contributed by atoms with Gasteiger partial charge in [0, 0.05) is 6.54 Å². The maximum Gasteiger partial charge on any atom is 0.338 e. The van der Waals surface area contributed by atoms with E-state index in [4.69, 9.17) is 9.47 Å². The zero-order valence-corrected chi connectivity index (χ0v) is 15.9. The highest BCUT2D eigenvalue weighted by atomic mass is 79.9. The van der Waals surface area contributed by atoms with Gasteiger partial charge in [0.15, 0.2) is 0 Å². The molecule has 0 saturated carbocycles. The average Bonchev–Trinajstić information content (AvgIpc) is 3.13. The van der Waals surface area contributed by atoms with E-state index < -0.39 is 0 Å². The molecule has 0 bridgehead atoms. The highest BCUT2D eigenvalue weighted by Gasteiger charge is 2.15. The van der Waals surface area contributed by atoms with Crippen molar-refractivity contribution in [3.8, 4) is 5.75 Å². The van der Waals surface area contributed by atoms with Gasteiger partial charge < -0.3 is 9.47 Å². The Kier molecular flexibility index (Phi) is 6.10. The number of carbonyl (C=O) groups is 1. The highest BCUT2D eigenvalue weighted by molar-refractivity contribution is 9.10. The van der Waals surface area contributed by atoms with Crippen LogP contribution in [0.25, 0.3) is 0 Å². The first-order chi connectivity index (χ1) is 12.2. The first-order valence-electron chi connectivity index (χ1n) is 8.47. The van der Waals surface area contributed by atoms with E-state index in [9.17, 15) is 4.79 Å². The minimum Gasteiger partial charge on any atom is -0.496 e. The molecular weight excluding hydrogens is 382 g/mol. The second-order valence-corrected chi connectivity index (χ2v) is 7.03. The molecule has 0 amide bonds. The van der Waals surface area contributed by atoms with Gasteiger partial charge >= 0.3 is 5.97 Å². The van der Waals surface area contributed by atoms with E-state index in [0.717, 1.165) is 29.7 Å². The number of esters is 1. The zero-order chi connectivity index (χ0) is 17.6. The molecule has 0 N–H and O–H groups in total. The van der Waals surface area contributed by atoms with Gasteiger partial charge in [-0.3, -0.25) is 4.90 Å². The normalized spacial score (nSPS) is 14.5. The SMILES string of the molecule is COc1ccc(C(=O)OCc2ccccc2CN2CCCC2)cc1Br. The van der Waals surface area contributed by atoms with Crippen molar-refractivity contribution in [1.29, 1.82) is 0 Å². The van der Waals surface area contributed by atoms with Crippen LogP contribution in [0.3, 0.4) is 0 Å². The third-order valence-corrected chi connectivity index (χ3v) is 5.08. The van der Waals surface area contributed by atoms with Crippen molar-refractivity contribution >= 4 is 21.9 Å². The van der Waals surface area contributed by atoms with Crippen LogP contribution in [0.5, 0.6) is 5.75 Å². The Morgan fingerprint density at radius 1 is 1.12 bits per heavy atom. The molecule has 0 aromatic heterocycles. The van der Waals surface area contributed by atoms with Gasteiger partial charge in [-0.05, 0) is 71.2 Å². The summed E-state index contributed by atoms with van der Waals surface area (Å²) in [6.07, 6.45) is 2.53. The number of hydrogen-bond acceptors (Lipinski definition) is 4. The molecule has 0 aliphatic carbocycles. The lowest BCUT2D eigenvalue weighted by Gasteiger charge is -2.17. The summed E-state index contributed by atoms with van der Waals surface area (Å²) < 4.78 is 11.4. The molecule has 5 heteroatoms. The lowest BCUT2D eigenvalue weighted by atomic mass is 10.1. The van der Waals surface area contributed by atoms with Gasteiger partial charge in [0.25, 0.3) is 0 Å². The molecule has 1 aliphatic rings. The van der Waals surface area contributed by atoms with Crippen LogP contribution in [0.15, 0.2) is 46.9 Å². The van der Waals surface area contributed by atoms with Crippen LogP contribution >= 0.6 is 15.9 Å². The van der Waals surface area contributed by atoms with Crippen molar-refractivity contribution in [3.05, 3.63) is 63.6 Å². The average molecular weight is 404 g/mol. The molecule has 25 heavy (non-hydrogen) atoms. The molecule has 0 unspecified atom stereocenters. The van der Waals surface area contributed by atoms with Crippen molar-refractivity contribution in [2.45, 2.75) is 26.0 Å². The van der Waals surface area contributed by atoms with E-state index in [1.807, 2.05) is 18.2 Å². The minimum atomic E-state index is -0.334. The van der Waals surface area contributed by atoms with E-state index in [1.165, 1.54) is 18.4 Å². The number of likely N-dealkylation sites (tertiary alicyclic amines) is 1. The van der Waals surface area contributed by atoms with Gasteiger partial charge in [0.2, 0.25) is 0 Å². The number of nitrogens with zero attached hydrogens (tertiary/aromatic N) is 1. The molecule has 2 aromatic rings. The van der Waals surface area contributed by atoms with Crippen LogP contribution in [-0.2, 0) is 17.9 Å². The second-order valence-electron chi connectivity index (χ2n) is 6.18. The van der Waals surface area contributed by atoms with Gasteiger partial charge in [-0.25, -0.2) is 4.79 Å². The second kappa shape index (κ2) is 8.50. The molecule has 1 heterocycles. The molecule has 0 radical (unpaired) electrons. The van der Waals surface area contributed by atoms with Crippen molar-refractivity contribution in [3.63, 3.8) is 0 Å². The van der Waals surface area contributed by atoms with Crippen LogP contribution in [0, 0.1) is 0 Å². The lowest BCUT2D eigenvalue weighted by molar-refractivity contribution is 0.0471. The smallest absolute Gasteiger partial charge is 0.338 e. The minimum absolute atomic E-state index is 0.284. The Bertz CT molecular complexity index is 741. The van der Waals surface area contributed by atoms with Crippen LogP contribution in [0.1, 0.15) is 34.3 Å². The fraction of sp³-hybridized carbons (Fsp3) is 0.350. The summed E-state index contributed by atoms with van der Waals surface area (Å²) in [6.45, 7) is 3.50. The Hall–Kier alpha value is -1.85. The zero-order valence-electron chi connectivity index (χ0n) is 14.3. The first kappa shape index (κ1) is 18.0. The van der Waals surface area contributed by atoms with Crippen LogP contribution in [0.2, 0.25) is 0 Å². The molecule has 4 nitrogen and oxygen atoms in total. The van der Waals surface area contributed by atoms with E-state index in [1.54, 1.807) is 25.3 Å². The Morgan fingerprint density at radius 3 is 2.52 bits per heavy atom. The van der Waals surface area contributed by atoms with E-state index in [2.05, 4.69) is 26.9 Å². The van der Waals surface area contributed by atoms with Gasteiger partial charge in [-0.2, -0.15) is 0 Å². The maximum atomic E-state index is 12.3. The van der Waals surface area contributed by atoms with Crippen molar-refractivity contribution in [1.82, 2.24) is 4.90 Å². The van der Waals surface area contributed by atoms with Gasteiger partial charge in [0.1, 0.15) is 12.4 Å². The molecule has 3 rings (SSSR count). The Balaban J connectivity index is 1.64. The van der Waals surface area contributed by atoms with Crippen LogP contribution in [0.4, 0.5) is 0 Å². The molecule has 132 valence electrons. The lowest BCUT2D eigenvalue weighted by Crippen LogP contribution is -2.19. The fourth-order valence-corrected chi connectivity index (χ4v) is 3.59. The Morgan fingerprint density at radius 2 is 1.84 bits per heavy atom. The molecule has 1 fully saturated rings. The summed E-state index contributed by atoms with van der Waals surface area (Å²) in [7, 11) is 1.59. The summed E-state index contributed by atoms with van der Waals surface area (Å²) in [6, 6.07) is 13.4. The molecular formula is C20H22BrNO3. The number of hydrogen-bond donors (Lipinski definition) is 0. The predicted molar refractivity (Wildman–Crippen MR) is 101 cm³/mol. The third kappa shape index (κ3) is 4.61. The number of carbonyl (C=O) groups excluding carboxylic acids is 1. The van der Waals surface area contributed by atoms with Crippen LogP contribution < -0.4 is 4.74 Å². The summed E-state index contributed by atoms with van der Waals surface area (Å²) in [5, 5.41) is 0. The molecule has 0 atom stereocenters. The van der Waals surface area contributed by atoms with Crippen molar-refractivity contribution < 1.29 is 14.3 Å². The largest absolute Gasteiger partial charge is 0.496 e. The topological polar surface area (TPSA) is 38.8 Å². The van der Waals surface area contributed by atoms with Gasteiger partial charge in [0.05, 0.1) is 17.1 Å². The van der Waals surface area contributed by atoms with Crippen molar-refractivity contribution in [2.75, 3.05) is 20.2 Å². The molecule has 2 aromatic carbocycles. The van der Waals surface area contributed by atoms with Crippen LogP contribution in [-0.4, -0.2) is 31.1 Å². The summed E-state index contributed by atoms with van der Waals surface area (Å²) in [5.74, 6) is 0.354. The fourth-order valence-electron chi connectivity index (χ4n) is 3.05. The number of methoxy groups -OCH3 is 1. The molecule has 1 saturated heterocycles. The first-order valence-corrected chi connectivity index (χ1v) is 9.26. The third-order valence-electron chi connectivity index (χ3n) is 4.46. The number of ether oxygens (including phenoxy) is 2.